The zero-order valence-corrected chi connectivity index (χ0v) is 9.26. The summed E-state index contributed by atoms with van der Waals surface area (Å²) < 4.78 is 22.9. The molecule has 0 N–H and O–H groups in total. The van der Waals surface area contributed by atoms with E-state index >= 15 is 0 Å². The zero-order valence-electron chi connectivity index (χ0n) is 8.45. The number of hydrogen-bond acceptors (Lipinski definition) is 3. The van der Waals surface area contributed by atoms with Gasteiger partial charge in [-0.05, 0) is 19.3 Å². The lowest BCUT2D eigenvalue weighted by Gasteiger charge is -2.10. The van der Waals surface area contributed by atoms with Crippen molar-refractivity contribution in [1.29, 1.82) is 5.26 Å². The lowest BCUT2D eigenvalue weighted by atomic mass is 10.2. The largest absolute Gasteiger partial charge is 0.229 e. The first kappa shape index (κ1) is 12.4. The first-order valence-electron chi connectivity index (χ1n) is 4.48. The van der Waals surface area contributed by atoms with E-state index in [0.717, 1.165) is 0 Å². The number of hydrogen-bond donors (Lipinski definition) is 0. The molecule has 0 aliphatic heterocycles. The Kier molecular flexibility index (Phi) is 5.01. The van der Waals surface area contributed by atoms with Crippen LogP contribution in [0.15, 0.2) is 0 Å². The molecule has 0 heterocycles. The highest BCUT2D eigenvalue weighted by Crippen LogP contribution is 2.10. The van der Waals surface area contributed by atoms with Gasteiger partial charge in [0.05, 0.1) is 23.5 Å². The van der Waals surface area contributed by atoms with Crippen LogP contribution < -0.4 is 0 Å². The maximum atomic E-state index is 11.5. The van der Waals surface area contributed by atoms with Crippen LogP contribution in [0.3, 0.4) is 0 Å². The number of nitriles is 1. The zero-order chi connectivity index (χ0) is 10.5. The summed E-state index contributed by atoms with van der Waals surface area (Å²) in [6.45, 7) is 5.58. The van der Waals surface area contributed by atoms with Crippen molar-refractivity contribution in [3.05, 3.63) is 0 Å². The molecule has 0 spiro atoms. The third kappa shape index (κ3) is 4.89. The predicted molar refractivity (Wildman–Crippen MR) is 52.9 cm³/mol. The minimum Gasteiger partial charge on any atom is -0.229 e. The summed E-state index contributed by atoms with van der Waals surface area (Å²) in [5.74, 6) is 0.595. The standard InChI is InChI=1S/C9H17NO2S/c1-8(2)5-7-13(11,12)9(3)4-6-10/h8-9H,4-5,7H2,1-3H3. The quantitative estimate of drug-likeness (QED) is 0.684. The van der Waals surface area contributed by atoms with Crippen molar-refractivity contribution < 1.29 is 8.42 Å². The van der Waals surface area contributed by atoms with Crippen LogP contribution in [0.4, 0.5) is 0 Å². The molecule has 0 radical (unpaired) electrons. The normalized spacial score (nSPS) is 14.1. The van der Waals surface area contributed by atoms with Gasteiger partial charge in [0, 0.05) is 0 Å². The Morgan fingerprint density at radius 1 is 1.31 bits per heavy atom. The van der Waals surface area contributed by atoms with Crippen LogP contribution in [-0.2, 0) is 9.84 Å². The van der Waals surface area contributed by atoms with Crippen molar-refractivity contribution in [2.75, 3.05) is 5.75 Å². The highest BCUT2D eigenvalue weighted by molar-refractivity contribution is 7.92. The third-order valence-corrected chi connectivity index (χ3v) is 4.17. The lowest BCUT2D eigenvalue weighted by Crippen LogP contribution is -2.21. The average Bonchev–Trinajstić information content (AvgIpc) is 2.01. The van der Waals surface area contributed by atoms with Crippen molar-refractivity contribution in [3.63, 3.8) is 0 Å². The molecule has 0 fully saturated rings. The molecular weight excluding hydrogens is 186 g/mol. The van der Waals surface area contributed by atoms with Crippen LogP contribution in [0.2, 0.25) is 0 Å². The van der Waals surface area contributed by atoms with Crippen LogP contribution >= 0.6 is 0 Å². The molecule has 13 heavy (non-hydrogen) atoms. The van der Waals surface area contributed by atoms with Crippen molar-refractivity contribution in [2.24, 2.45) is 5.92 Å². The Bertz CT molecular complexity index is 274. The Morgan fingerprint density at radius 2 is 1.85 bits per heavy atom. The van der Waals surface area contributed by atoms with Gasteiger partial charge in [-0.1, -0.05) is 13.8 Å². The SMILES string of the molecule is CC(C)CCS(=O)(=O)C(C)CC#N. The molecule has 0 saturated heterocycles. The smallest absolute Gasteiger partial charge is 0.153 e. The van der Waals surface area contributed by atoms with Gasteiger partial charge in [-0.15, -0.1) is 0 Å². The first-order chi connectivity index (χ1) is 5.90. The second-order valence-corrected chi connectivity index (χ2v) is 6.26. The summed E-state index contributed by atoms with van der Waals surface area (Å²) in [4.78, 5) is 0. The van der Waals surface area contributed by atoms with Gasteiger partial charge in [-0.2, -0.15) is 5.26 Å². The molecule has 0 aliphatic carbocycles. The van der Waals surface area contributed by atoms with Crippen LogP contribution in [0.1, 0.15) is 33.6 Å². The third-order valence-electron chi connectivity index (χ3n) is 1.97. The van der Waals surface area contributed by atoms with Crippen LogP contribution in [-0.4, -0.2) is 19.4 Å². The maximum absolute atomic E-state index is 11.5. The summed E-state index contributed by atoms with van der Waals surface area (Å²) in [6, 6.07) is 1.88. The lowest BCUT2D eigenvalue weighted by molar-refractivity contribution is 0.564. The molecule has 0 amide bonds. The van der Waals surface area contributed by atoms with E-state index in [0.29, 0.717) is 12.3 Å². The fourth-order valence-electron chi connectivity index (χ4n) is 0.857. The van der Waals surface area contributed by atoms with E-state index in [4.69, 9.17) is 5.26 Å². The molecule has 1 unspecified atom stereocenters. The fourth-order valence-corrected chi connectivity index (χ4v) is 2.39. The maximum Gasteiger partial charge on any atom is 0.153 e. The molecule has 4 heteroatoms. The first-order valence-corrected chi connectivity index (χ1v) is 6.20. The predicted octanol–water partition coefficient (Wildman–Crippen LogP) is 1.75. The van der Waals surface area contributed by atoms with Gasteiger partial charge in [0.1, 0.15) is 0 Å². The van der Waals surface area contributed by atoms with E-state index in [2.05, 4.69) is 0 Å². The molecule has 0 aromatic carbocycles. The van der Waals surface area contributed by atoms with Crippen molar-refractivity contribution >= 4 is 9.84 Å². The topological polar surface area (TPSA) is 57.9 Å². The monoisotopic (exact) mass is 203 g/mol. The Balaban J connectivity index is 4.17. The molecule has 3 nitrogen and oxygen atoms in total. The van der Waals surface area contributed by atoms with Gasteiger partial charge in [0.25, 0.3) is 0 Å². The fraction of sp³-hybridized carbons (Fsp3) is 0.889. The Hall–Kier alpha value is -0.560. The van der Waals surface area contributed by atoms with Gasteiger partial charge < -0.3 is 0 Å². The van der Waals surface area contributed by atoms with E-state index in [9.17, 15) is 8.42 Å². The van der Waals surface area contributed by atoms with E-state index in [1.807, 2.05) is 19.9 Å². The Morgan fingerprint density at radius 3 is 2.23 bits per heavy atom. The summed E-state index contributed by atoms with van der Waals surface area (Å²) >= 11 is 0. The molecule has 0 aromatic rings. The molecule has 0 bridgehead atoms. The minimum atomic E-state index is -3.04. The second-order valence-electron chi connectivity index (χ2n) is 3.72. The van der Waals surface area contributed by atoms with Crippen LogP contribution in [0, 0.1) is 17.2 Å². The minimum absolute atomic E-state index is 0.0976. The summed E-state index contributed by atoms with van der Waals surface area (Å²) in [5.41, 5.74) is 0. The van der Waals surface area contributed by atoms with Crippen molar-refractivity contribution in [1.82, 2.24) is 0 Å². The van der Waals surface area contributed by atoms with Gasteiger partial charge in [0.15, 0.2) is 9.84 Å². The van der Waals surface area contributed by atoms with Crippen LogP contribution in [0.25, 0.3) is 0 Å². The number of rotatable bonds is 5. The van der Waals surface area contributed by atoms with Crippen molar-refractivity contribution in [3.8, 4) is 6.07 Å². The molecular formula is C9H17NO2S. The summed E-state index contributed by atoms with van der Waals surface area (Å²) in [5, 5.41) is 7.85. The van der Waals surface area contributed by atoms with Gasteiger partial charge in [-0.25, -0.2) is 8.42 Å². The van der Waals surface area contributed by atoms with E-state index in [1.165, 1.54) is 0 Å². The Labute approximate surface area is 80.7 Å². The average molecular weight is 203 g/mol. The molecule has 0 rings (SSSR count). The number of sulfone groups is 1. The number of nitrogens with zero attached hydrogens (tertiary/aromatic N) is 1. The molecule has 0 aromatic heterocycles. The van der Waals surface area contributed by atoms with Crippen molar-refractivity contribution in [2.45, 2.75) is 38.9 Å². The van der Waals surface area contributed by atoms with E-state index in [1.54, 1.807) is 6.92 Å². The second kappa shape index (κ2) is 5.23. The highest BCUT2D eigenvalue weighted by Gasteiger charge is 2.20. The molecule has 0 aliphatic rings. The van der Waals surface area contributed by atoms with E-state index in [-0.39, 0.29) is 12.2 Å². The van der Waals surface area contributed by atoms with Crippen LogP contribution in [0.5, 0.6) is 0 Å². The van der Waals surface area contributed by atoms with Gasteiger partial charge in [-0.3, -0.25) is 0 Å². The van der Waals surface area contributed by atoms with Gasteiger partial charge >= 0.3 is 0 Å². The summed E-state index contributed by atoms with van der Waals surface area (Å²) in [6.07, 6.45) is 0.776. The molecule has 0 saturated carbocycles. The highest BCUT2D eigenvalue weighted by atomic mass is 32.2. The van der Waals surface area contributed by atoms with Gasteiger partial charge in [0.2, 0.25) is 0 Å². The molecule has 76 valence electrons. The summed E-state index contributed by atoms with van der Waals surface area (Å²) in [7, 11) is -3.04. The molecule has 1 atom stereocenters. The van der Waals surface area contributed by atoms with E-state index < -0.39 is 15.1 Å².